The lowest BCUT2D eigenvalue weighted by Crippen LogP contribution is -2.60. The fourth-order valence-electron chi connectivity index (χ4n) is 4.84. The van der Waals surface area contributed by atoms with Crippen molar-refractivity contribution in [3.63, 3.8) is 0 Å². The van der Waals surface area contributed by atoms with Gasteiger partial charge >= 0.3 is 0 Å². The normalized spacial score (nSPS) is 33.4. The number of ether oxygens (including phenoxy) is 2. The number of aliphatic hydroxyl groups is 1. The molecule has 0 aliphatic heterocycles. The molecule has 2 aliphatic rings. The summed E-state index contributed by atoms with van der Waals surface area (Å²) in [7, 11) is 1.65. The van der Waals surface area contributed by atoms with Crippen molar-refractivity contribution in [2.75, 3.05) is 13.7 Å². The third-order valence-corrected chi connectivity index (χ3v) is 7.06. The van der Waals surface area contributed by atoms with E-state index < -0.39 is 5.60 Å². The first-order chi connectivity index (χ1) is 12.8. The summed E-state index contributed by atoms with van der Waals surface area (Å²) in [5.74, 6) is 0.925. The molecular formula is C23H32O4. The van der Waals surface area contributed by atoms with Crippen LogP contribution in [0.25, 0.3) is 0 Å². The Kier molecular flexibility index (Phi) is 5.78. The Bertz CT molecular complexity index is 695. The minimum Gasteiger partial charge on any atom is -0.497 e. The second-order valence-corrected chi connectivity index (χ2v) is 8.61. The summed E-state index contributed by atoms with van der Waals surface area (Å²) >= 11 is 0. The number of hydrogen-bond acceptors (Lipinski definition) is 4. The molecule has 1 aromatic carbocycles. The molecule has 148 valence electrons. The van der Waals surface area contributed by atoms with E-state index in [4.69, 9.17) is 9.47 Å². The van der Waals surface area contributed by atoms with Crippen molar-refractivity contribution in [1.29, 1.82) is 0 Å². The van der Waals surface area contributed by atoms with Gasteiger partial charge in [-0.1, -0.05) is 32.6 Å². The lowest BCUT2D eigenvalue weighted by atomic mass is 9.51. The maximum atomic E-state index is 12.2. The van der Waals surface area contributed by atoms with Gasteiger partial charge in [0.15, 0.2) is 0 Å². The smallest absolute Gasteiger partial charge is 0.138 e. The fourth-order valence-corrected chi connectivity index (χ4v) is 4.84. The van der Waals surface area contributed by atoms with Gasteiger partial charge in [-0.15, -0.1) is 0 Å². The quantitative estimate of drug-likeness (QED) is 0.756. The molecule has 0 spiro atoms. The van der Waals surface area contributed by atoms with E-state index in [0.717, 1.165) is 36.1 Å². The largest absolute Gasteiger partial charge is 0.497 e. The minimum absolute atomic E-state index is 0.166. The summed E-state index contributed by atoms with van der Waals surface area (Å²) in [4.78, 5) is 12.2. The van der Waals surface area contributed by atoms with Crippen LogP contribution in [0.5, 0.6) is 5.75 Å². The highest BCUT2D eigenvalue weighted by atomic mass is 16.5. The number of carbonyl (C=O) groups excluding carboxylic acids is 1. The van der Waals surface area contributed by atoms with Crippen LogP contribution in [0.2, 0.25) is 0 Å². The standard InChI is InChI=1S/C23H32O4/c1-16(14-27-15-18-5-7-20(26-4)8-6-18)19-9-11-22(3)12-10-21(24)17(2)23(22,25)13-19/h5-8,17,19,25H,1,9-15H2,2-4H3/t17-,19+,22+,23+/m0/s1. The molecule has 1 aromatic rings. The average Bonchev–Trinajstić information content (AvgIpc) is 2.67. The second kappa shape index (κ2) is 7.76. The molecule has 0 bridgehead atoms. The van der Waals surface area contributed by atoms with Gasteiger partial charge in [0.05, 0.1) is 25.9 Å². The van der Waals surface area contributed by atoms with Crippen LogP contribution in [0.15, 0.2) is 36.4 Å². The predicted molar refractivity (Wildman–Crippen MR) is 106 cm³/mol. The van der Waals surface area contributed by atoms with E-state index in [2.05, 4.69) is 13.5 Å². The van der Waals surface area contributed by atoms with Crippen molar-refractivity contribution in [2.45, 2.75) is 58.2 Å². The molecular weight excluding hydrogens is 340 g/mol. The van der Waals surface area contributed by atoms with E-state index in [-0.39, 0.29) is 23.0 Å². The van der Waals surface area contributed by atoms with E-state index in [1.165, 1.54) is 0 Å². The zero-order valence-electron chi connectivity index (χ0n) is 16.8. The van der Waals surface area contributed by atoms with Gasteiger partial charge in [-0.2, -0.15) is 0 Å². The first-order valence-corrected chi connectivity index (χ1v) is 9.92. The number of ketones is 1. The Labute approximate surface area is 162 Å². The molecule has 4 atom stereocenters. The summed E-state index contributed by atoms with van der Waals surface area (Å²) in [6.07, 6.45) is 3.94. The van der Waals surface area contributed by atoms with Crippen molar-refractivity contribution < 1.29 is 19.4 Å². The zero-order valence-corrected chi connectivity index (χ0v) is 16.8. The molecule has 0 amide bonds. The van der Waals surface area contributed by atoms with Crippen LogP contribution in [0.4, 0.5) is 0 Å². The van der Waals surface area contributed by atoms with E-state index in [9.17, 15) is 9.90 Å². The van der Waals surface area contributed by atoms with Crippen LogP contribution in [0.1, 0.15) is 51.5 Å². The number of carbonyl (C=O) groups is 1. The Balaban J connectivity index is 1.56. The molecule has 0 aromatic heterocycles. The average molecular weight is 373 g/mol. The van der Waals surface area contributed by atoms with Crippen molar-refractivity contribution in [1.82, 2.24) is 0 Å². The monoisotopic (exact) mass is 372 g/mol. The topological polar surface area (TPSA) is 55.8 Å². The maximum Gasteiger partial charge on any atom is 0.138 e. The minimum atomic E-state index is -0.926. The number of fused-ring (bicyclic) bond motifs is 1. The number of Topliss-reactive ketones (excluding diaryl/α,β-unsaturated/α-hetero) is 1. The highest BCUT2D eigenvalue weighted by molar-refractivity contribution is 5.83. The van der Waals surface area contributed by atoms with Crippen LogP contribution in [0, 0.1) is 17.3 Å². The van der Waals surface area contributed by atoms with Crippen molar-refractivity contribution in [3.8, 4) is 5.75 Å². The third-order valence-electron chi connectivity index (χ3n) is 7.06. The Hall–Kier alpha value is -1.65. The number of benzene rings is 1. The van der Waals surface area contributed by atoms with E-state index in [1.807, 2.05) is 31.2 Å². The molecule has 2 aliphatic carbocycles. The number of methoxy groups -OCH3 is 1. The molecule has 2 fully saturated rings. The lowest BCUT2D eigenvalue weighted by Gasteiger charge is -2.56. The Morgan fingerprint density at radius 1 is 1.30 bits per heavy atom. The summed E-state index contributed by atoms with van der Waals surface area (Å²) in [6.45, 7) is 9.27. The fraction of sp³-hybridized carbons (Fsp3) is 0.609. The van der Waals surface area contributed by atoms with Gasteiger partial charge in [-0.3, -0.25) is 4.79 Å². The summed E-state index contributed by atoms with van der Waals surface area (Å²) in [6, 6.07) is 7.83. The van der Waals surface area contributed by atoms with E-state index in [0.29, 0.717) is 26.1 Å². The van der Waals surface area contributed by atoms with Gasteiger partial charge in [-0.05, 0) is 60.3 Å². The predicted octanol–water partition coefficient (Wildman–Crippen LogP) is 4.30. The second-order valence-electron chi connectivity index (χ2n) is 8.61. The van der Waals surface area contributed by atoms with Crippen molar-refractivity contribution >= 4 is 5.78 Å². The van der Waals surface area contributed by atoms with Crippen molar-refractivity contribution in [3.05, 3.63) is 42.0 Å². The van der Waals surface area contributed by atoms with Crippen LogP contribution in [0.3, 0.4) is 0 Å². The number of hydrogen-bond donors (Lipinski definition) is 1. The first kappa shape index (κ1) is 20.1. The first-order valence-electron chi connectivity index (χ1n) is 9.92. The summed E-state index contributed by atoms with van der Waals surface area (Å²) in [5.41, 5.74) is 1.01. The van der Waals surface area contributed by atoms with Crippen LogP contribution < -0.4 is 4.74 Å². The van der Waals surface area contributed by atoms with Crippen LogP contribution in [-0.2, 0) is 16.1 Å². The van der Waals surface area contributed by atoms with Crippen molar-refractivity contribution in [2.24, 2.45) is 17.3 Å². The molecule has 4 nitrogen and oxygen atoms in total. The molecule has 0 saturated heterocycles. The van der Waals surface area contributed by atoms with Gasteiger partial charge in [0, 0.05) is 12.3 Å². The Morgan fingerprint density at radius 3 is 2.67 bits per heavy atom. The van der Waals surface area contributed by atoms with Gasteiger partial charge in [0.2, 0.25) is 0 Å². The summed E-state index contributed by atoms with van der Waals surface area (Å²) < 4.78 is 11.0. The number of rotatable bonds is 6. The van der Waals surface area contributed by atoms with E-state index in [1.54, 1.807) is 7.11 Å². The lowest BCUT2D eigenvalue weighted by molar-refractivity contribution is -0.181. The highest BCUT2D eigenvalue weighted by Crippen LogP contribution is 2.56. The molecule has 1 N–H and O–H groups in total. The van der Waals surface area contributed by atoms with Gasteiger partial charge < -0.3 is 14.6 Å². The molecule has 0 unspecified atom stereocenters. The molecule has 4 heteroatoms. The van der Waals surface area contributed by atoms with Gasteiger partial charge in [-0.25, -0.2) is 0 Å². The maximum absolute atomic E-state index is 12.2. The molecule has 27 heavy (non-hydrogen) atoms. The van der Waals surface area contributed by atoms with Crippen LogP contribution >= 0.6 is 0 Å². The zero-order chi connectivity index (χ0) is 19.7. The SMILES string of the molecule is C=C(COCc1ccc(OC)cc1)[C@@H]1CC[C@]2(C)CCC(=O)[C@H](C)[C@]2(O)C1. The van der Waals surface area contributed by atoms with Gasteiger partial charge in [0.25, 0.3) is 0 Å². The molecule has 0 radical (unpaired) electrons. The Morgan fingerprint density at radius 2 is 2.00 bits per heavy atom. The molecule has 0 heterocycles. The van der Waals surface area contributed by atoms with E-state index >= 15 is 0 Å². The highest BCUT2D eigenvalue weighted by Gasteiger charge is 2.58. The van der Waals surface area contributed by atoms with Gasteiger partial charge in [0.1, 0.15) is 11.5 Å². The summed E-state index contributed by atoms with van der Waals surface area (Å²) in [5, 5.41) is 11.4. The third kappa shape index (κ3) is 3.83. The van der Waals surface area contributed by atoms with Crippen LogP contribution in [-0.4, -0.2) is 30.2 Å². The molecule has 3 rings (SSSR count). The molecule has 2 saturated carbocycles.